The average Bonchev–Trinajstić information content (AvgIpc) is 2.17. The summed E-state index contributed by atoms with van der Waals surface area (Å²) >= 11 is 0. The van der Waals surface area contributed by atoms with E-state index in [9.17, 15) is 8.78 Å². The van der Waals surface area contributed by atoms with Crippen LogP contribution < -0.4 is 10.5 Å². The molecule has 4 nitrogen and oxygen atoms in total. The van der Waals surface area contributed by atoms with Gasteiger partial charge in [0.15, 0.2) is 5.69 Å². The summed E-state index contributed by atoms with van der Waals surface area (Å²) in [5, 5.41) is 8.53. The normalized spacial score (nSPS) is 9.93. The number of nitrogens with zero attached hydrogens (tertiary/aromatic N) is 2. The fourth-order valence-corrected chi connectivity index (χ4v) is 0.938. The van der Waals surface area contributed by atoms with Gasteiger partial charge in [-0.2, -0.15) is 10.2 Å². The largest absolute Gasteiger partial charge is 0.481 e. The Kier molecular flexibility index (Phi) is 2.82. The second-order valence-electron chi connectivity index (χ2n) is 2.44. The summed E-state index contributed by atoms with van der Waals surface area (Å²) in [6.07, 6.45) is -2.73. The van der Waals surface area contributed by atoms with E-state index in [1.165, 1.54) is 7.11 Å². The molecule has 1 aromatic rings. The van der Waals surface area contributed by atoms with Crippen molar-refractivity contribution in [1.29, 1.82) is 5.26 Å². The number of methoxy groups -OCH3 is 1. The summed E-state index contributed by atoms with van der Waals surface area (Å²) in [6, 6.07) is 2.67. The Balaban J connectivity index is 3.33. The Morgan fingerprint density at radius 1 is 1.64 bits per heavy atom. The van der Waals surface area contributed by atoms with E-state index < -0.39 is 12.0 Å². The summed E-state index contributed by atoms with van der Waals surface area (Å²) in [5.41, 5.74) is 4.71. The molecule has 0 aliphatic carbocycles. The maximum Gasteiger partial charge on any atom is 0.269 e. The van der Waals surface area contributed by atoms with E-state index in [0.717, 1.165) is 6.07 Å². The van der Waals surface area contributed by atoms with E-state index in [2.05, 4.69) is 9.72 Å². The molecule has 14 heavy (non-hydrogen) atoms. The molecule has 0 aromatic carbocycles. The fraction of sp³-hybridized carbons (Fsp3) is 0.250. The zero-order valence-electron chi connectivity index (χ0n) is 7.29. The van der Waals surface area contributed by atoms with Crippen LogP contribution in [-0.2, 0) is 0 Å². The predicted molar refractivity (Wildman–Crippen MR) is 44.9 cm³/mol. The van der Waals surface area contributed by atoms with Gasteiger partial charge >= 0.3 is 0 Å². The van der Waals surface area contributed by atoms with Gasteiger partial charge in [0, 0.05) is 0 Å². The molecule has 1 rings (SSSR count). The van der Waals surface area contributed by atoms with Gasteiger partial charge in [-0.15, -0.1) is 0 Å². The van der Waals surface area contributed by atoms with Crippen LogP contribution in [-0.4, -0.2) is 12.1 Å². The van der Waals surface area contributed by atoms with Crippen LogP contribution in [0, 0.1) is 11.3 Å². The minimum atomic E-state index is -2.73. The first-order valence-electron chi connectivity index (χ1n) is 3.62. The maximum atomic E-state index is 12.4. The Hall–Kier alpha value is -1.90. The van der Waals surface area contributed by atoms with Crippen LogP contribution in [0.1, 0.15) is 17.7 Å². The zero-order valence-corrected chi connectivity index (χ0v) is 7.29. The molecule has 1 heterocycles. The highest BCUT2D eigenvalue weighted by Gasteiger charge is 2.17. The second kappa shape index (κ2) is 3.87. The lowest BCUT2D eigenvalue weighted by Crippen LogP contribution is -2.01. The van der Waals surface area contributed by atoms with Crippen molar-refractivity contribution in [3.05, 3.63) is 17.3 Å². The Morgan fingerprint density at radius 2 is 2.29 bits per heavy atom. The third-order valence-corrected chi connectivity index (χ3v) is 1.58. The third-order valence-electron chi connectivity index (χ3n) is 1.58. The van der Waals surface area contributed by atoms with Crippen LogP contribution >= 0.6 is 0 Å². The molecule has 0 spiro atoms. The summed E-state index contributed by atoms with van der Waals surface area (Å²) in [4.78, 5) is 3.54. The van der Waals surface area contributed by atoms with Crippen molar-refractivity contribution in [2.24, 2.45) is 0 Å². The first-order valence-corrected chi connectivity index (χ1v) is 3.62. The molecule has 6 heteroatoms. The highest BCUT2D eigenvalue weighted by atomic mass is 19.3. The molecular weight excluding hydrogens is 192 g/mol. The van der Waals surface area contributed by atoms with E-state index >= 15 is 0 Å². The number of nitrogens with two attached hydrogens (primary N) is 1. The van der Waals surface area contributed by atoms with Crippen molar-refractivity contribution >= 4 is 5.69 Å². The van der Waals surface area contributed by atoms with Gasteiger partial charge in [-0.25, -0.2) is 8.78 Å². The third kappa shape index (κ3) is 1.71. The van der Waals surface area contributed by atoms with Crippen molar-refractivity contribution in [3.8, 4) is 11.9 Å². The minimum absolute atomic E-state index is 0.0800. The van der Waals surface area contributed by atoms with Crippen molar-refractivity contribution in [2.45, 2.75) is 6.43 Å². The number of alkyl halides is 2. The number of hydrogen-bond donors (Lipinski definition) is 1. The van der Waals surface area contributed by atoms with Gasteiger partial charge in [-0.1, -0.05) is 0 Å². The zero-order chi connectivity index (χ0) is 10.7. The topological polar surface area (TPSA) is 71.9 Å². The molecule has 0 bridgehead atoms. The van der Waals surface area contributed by atoms with Crippen LogP contribution in [0.5, 0.6) is 5.88 Å². The molecule has 0 saturated carbocycles. The molecule has 74 valence electrons. The van der Waals surface area contributed by atoms with Gasteiger partial charge in [0.25, 0.3) is 6.43 Å². The van der Waals surface area contributed by atoms with Crippen LogP contribution in [0.4, 0.5) is 14.5 Å². The lowest BCUT2D eigenvalue weighted by atomic mass is 10.2. The quantitative estimate of drug-likeness (QED) is 0.782. The lowest BCUT2D eigenvalue weighted by Gasteiger charge is -2.07. The smallest absolute Gasteiger partial charge is 0.269 e. The monoisotopic (exact) mass is 199 g/mol. The molecule has 0 radical (unpaired) electrons. The van der Waals surface area contributed by atoms with Gasteiger partial charge in [0.05, 0.1) is 18.4 Å². The predicted octanol–water partition coefficient (Wildman–Crippen LogP) is 1.48. The summed E-state index contributed by atoms with van der Waals surface area (Å²) < 4.78 is 29.3. The summed E-state index contributed by atoms with van der Waals surface area (Å²) in [5.74, 6) is -0.272. The van der Waals surface area contributed by atoms with Gasteiger partial charge in [-0.3, -0.25) is 0 Å². The number of rotatable bonds is 2. The molecule has 0 aliphatic heterocycles. The van der Waals surface area contributed by atoms with Crippen LogP contribution in [0.2, 0.25) is 0 Å². The number of anilines is 1. The van der Waals surface area contributed by atoms with E-state index in [-0.39, 0.29) is 17.3 Å². The molecule has 0 atom stereocenters. The molecule has 0 aliphatic rings. The first-order chi connectivity index (χ1) is 6.60. The van der Waals surface area contributed by atoms with E-state index in [1.807, 2.05) is 0 Å². The summed E-state index contributed by atoms with van der Waals surface area (Å²) in [6.45, 7) is 0. The standard InChI is InChI=1S/C8H7F2N3O/c1-14-8-4(7(9)10)2-5(12)6(3-11)13-8/h2,7H,12H2,1H3. The SMILES string of the molecule is COc1nc(C#N)c(N)cc1C(F)F. The van der Waals surface area contributed by atoms with E-state index in [4.69, 9.17) is 11.0 Å². The highest BCUT2D eigenvalue weighted by Crippen LogP contribution is 2.29. The van der Waals surface area contributed by atoms with Gasteiger partial charge in [-0.05, 0) is 6.07 Å². The van der Waals surface area contributed by atoms with Gasteiger partial charge in [0.1, 0.15) is 6.07 Å². The number of pyridine rings is 1. The van der Waals surface area contributed by atoms with Crippen LogP contribution in [0.25, 0.3) is 0 Å². The van der Waals surface area contributed by atoms with Crippen LogP contribution in [0.15, 0.2) is 6.07 Å². The van der Waals surface area contributed by atoms with Gasteiger partial charge in [0.2, 0.25) is 5.88 Å². The van der Waals surface area contributed by atoms with Gasteiger partial charge < -0.3 is 10.5 Å². The molecule has 0 fully saturated rings. The molecular formula is C8H7F2N3O. The number of hydrogen-bond acceptors (Lipinski definition) is 4. The molecule has 0 saturated heterocycles. The molecule has 0 amide bonds. The van der Waals surface area contributed by atoms with E-state index in [0.29, 0.717) is 0 Å². The number of nitrogen functional groups attached to an aromatic ring is 1. The maximum absolute atomic E-state index is 12.4. The molecule has 2 N–H and O–H groups in total. The minimum Gasteiger partial charge on any atom is -0.481 e. The number of ether oxygens (including phenoxy) is 1. The van der Waals surface area contributed by atoms with Crippen LogP contribution in [0.3, 0.4) is 0 Å². The van der Waals surface area contributed by atoms with Crippen molar-refractivity contribution in [3.63, 3.8) is 0 Å². The lowest BCUT2D eigenvalue weighted by molar-refractivity contribution is 0.146. The first kappa shape index (κ1) is 10.2. The Labute approximate surface area is 78.9 Å². The number of nitriles is 1. The van der Waals surface area contributed by atoms with Crippen molar-refractivity contribution in [2.75, 3.05) is 12.8 Å². The molecule has 0 unspecified atom stereocenters. The molecule has 1 aromatic heterocycles. The Morgan fingerprint density at radius 3 is 2.71 bits per heavy atom. The summed E-state index contributed by atoms with van der Waals surface area (Å²) in [7, 11) is 1.20. The van der Waals surface area contributed by atoms with E-state index in [1.54, 1.807) is 6.07 Å². The fourth-order valence-electron chi connectivity index (χ4n) is 0.938. The second-order valence-corrected chi connectivity index (χ2v) is 2.44. The highest BCUT2D eigenvalue weighted by molar-refractivity contribution is 5.54. The van der Waals surface area contributed by atoms with Crippen molar-refractivity contribution < 1.29 is 13.5 Å². The number of halogens is 2. The van der Waals surface area contributed by atoms with Crippen molar-refractivity contribution in [1.82, 2.24) is 4.98 Å². The Bertz CT molecular complexity index is 387. The average molecular weight is 199 g/mol. The number of aromatic nitrogens is 1.